The number of methoxy groups -OCH3 is 1. The van der Waals surface area contributed by atoms with Crippen molar-refractivity contribution in [3.05, 3.63) is 83.2 Å². The van der Waals surface area contributed by atoms with E-state index in [1.165, 1.54) is 4.68 Å². The molecular formula is C30H33N9O4. The Balaban J connectivity index is 1.35. The van der Waals surface area contributed by atoms with E-state index in [1.54, 1.807) is 14.0 Å². The van der Waals surface area contributed by atoms with Crippen LogP contribution in [0.2, 0.25) is 0 Å². The Morgan fingerprint density at radius 1 is 1.07 bits per heavy atom. The molecule has 3 N–H and O–H groups in total. The highest BCUT2D eigenvalue weighted by Crippen LogP contribution is 2.30. The van der Waals surface area contributed by atoms with E-state index < -0.39 is 5.91 Å². The number of nitrogens with two attached hydrogens (primary N) is 1. The second-order valence-electron chi connectivity index (χ2n) is 9.66. The van der Waals surface area contributed by atoms with Gasteiger partial charge in [-0.05, 0) is 64.9 Å². The van der Waals surface area contributed by atoms with Crippen molar-refractivity contribution in [2.75, 3.05) is 25.9 Å². The Labute approximate surface area is 248 Å². The summed E-state index contributed by atoms with van der Waals surface area (Å²) in [6, 6.07) is 19.8. The maximum atomic E-state index is 13.4. The molecule has 0 unspecified atom stereocenters. The van der Waals surface area contributed by atoms with E-state index in [9.17, 15) is 4.79 Å². The predicted octanol–water partition coefficient (Wildman–Crippen LogP) is 3.97. The van der Waals surface area contributed by atoms with E-state index in [0.717, 1.165) is 35.0 Å². The van der Waals surface area contributed by atoms with Crippen LogP contribution >= 0.6 is 0 Å². The van der Waals surface area contributed by atoms with Gasteiger partial charge in [0.1, 0.15) is 12.3 Å². The maximum Gasteiger partial charge on any atom is 0.292 e. The van der Waals surface area contributed by atoms with Crippen molar-refractivity contribution in [2.45, 2.75) is 33.9 Å². The van der Waals surface area contributed by atoms with Gasteiger partial charge in [0.15, 0.2) is 17.2 Å². The normalized spacial score (nSPS) is 11.7. The van der Waals surface area contributed by atoms with Crippen LogP contribution in [0, 0.1) is 0 Å². The molecule has 0 spiro atoms. The van der Waals surface area contributed by atoms with Gasteiger partial charge in [-0.2, -0.15) is 9.78 Å². The number of nitrogens with one attached hydrogen (secondary N) is 1. The van der Waals surface area contributed by atoms with Crippen LogP contribution in [0.25, 0.3) is 16.6 Å². The first-order valence-electron chi connectivity index (χ1n) is 13.8. The number of rotatable bonds is 12. The molecule has 1 amide bonds. The summed E-state index contributed by atoms with van der Waals surface area (Å²) in [6.07, 6.45) is 0. The quantitative estimate of drug-likeness (QED) is 0.163. The van der Waals surface area contributed by atoms with Crippen LogP contribution in [0.3, 0.4) is 0 Å². The van der Waals surface area contributed by atoms with Gasteiger partial charge in [0, 0.05) is 12.1 Å². The number of fused-ring (bicyclic) bond motifs is 1. The number of nitrogens with zero attached hydrogens (tertiary/aromatic N) is 7. The fraction of sp³-hybridized carbons (Fsp3) is 0.267. The van der Waals surface area contributed by atoms with E-state index in [2.05, 4.69) is 54.3 Å². The van der Waals surface area contributed by atoms with E-state index in [0.29, 0.717) is 36.1 Å². The molecule has 0 fully saturated rings. The van der Waals surface area contributed by atoms with Crippen molar-refractivity contribution in [3.63, 3.8) is 0 Å². The minimum atomic E-state index is -0.545. The van der Waals surface area contributed by atoms with Crippen molar-refractivity contribution in [3.8, 4) is 17.3 Å². The number of hydrogen-bond donors (Lipinski definition) is 2. The summed E-state index contributed by atoms with van der Waals surface area (Å²) in [5, 5.41) is 22.3. The van der Waals surface area contributed by atoms with Gasteiger partial charge in [-0.15, -0.1) is 5.10 Å². The van der Waals surface area contributed by atoms with E-state index in [1.807, 2.05) is 56.3 Å². The fourth-order valence-corrected chi connectivity index (χ4v) is 4.63. The smallest absolute Gasteiger partial charge is 0.292 e. The number of hydrazone groups is 1. The zero-order valence-corrected chi connectivity index (χ0v) is 24.4. The van der Waals surface area contributed by atoms with Crippen LogP contribution in [-0.2, 0) is 13.2 Å². The first-order chi connectivity index (χ1) is 20.9. The predicted molar refractivity (Wildman–Crippen MR) is 161 cm³/mol. The summed E-state index contributed by atoms with van der Waals surface area (Å²) in [7, 11) is 1.58. The van der Waals surface area contributed by atoms with Crippen molar-refractivity contribution in [1.29, 1.82) is 0 Å². The number of carbonyl (C=O) groups excluding carboxylic acids is 1. The maximum absolute atomic E-state index is 13.4. The molecule has 0 radical (unpaired) electrons. The lowest BCUT2D eigenvalue weighted by Gasteiger charge is -2.16. The molecule has 5 rings (SSSR count). The average molecular weight is 584 g/mol. The molecule has 13 nitrogen and oxygen atoms in total. The van der Waals surface area contributed by atoms with Gasteiger partial charge < -0.3 is 15.2 Å². The summed E-state index contributed by atoms with van der Waals surface area (Å²) in [6.45, 7) is 8.11. The third-order valence-electron chi connectivity index (χ3n) is 7.09. The molecule has 43 heavy (non-hydrogen) atoms. The van der Waals surface area contributed by atoms with Gasteiger partial charge in [0.2, 0.25) is 11.6 Å². The van der Waals surface area contributed by atoms with E-state index in [-0.39, 0.29) is 17.3 Å². The zero-order valence-electron chi connectivity index (χ0n) is 24.4. The van der Waals surface area contributed by atoms with Crippen molar-refractivity contribution in [2.24, 2.45) is 5.10 Å². The number of nitrogen functional groups attached to an aromatic ring is 1. The van der Waals surface area contributed by atoms with Crippen LogP contribution in [0.1, 0.15) is 48.1 Å². The number of aromatic nitrogens is 5. The Morgan fingerprint density at radius 3 is 2.60 bits per heavy atom. The minimum Gasteiger partial charge on any atom is -0.493 e. The van der Waals surface area contributed by atoms with E-state index >= 15 is 0 Å². The van der Waals surface area contributed by atoms with Crippen LogP contribution in [0.4, 0.5) is 5.82 Å². The summed E-state index contributed by atoms with van der Waals surface area (Å²) in [5.74, 6) is 0.619. The number of hydrogen-bond acceptors (Lipinski definition) is 11. The molecule has 0 aliphatic heterocycles. The van der Waals surface area contributed by atoms with Crippen LogP contribution in [-0.4, -0.2) is 62.0 Å². The van der Waals surface area contributed by atoms with Gasteiger partial charge in [0.25, 0.3) is 5.91 Å². The lowest BCUT2D eigenvalue weighted by molar-refractivity contribution is 0.0944. The summed E-state index contributed by atoms with van der Waals surface area (Å²) < 4.78 is 17.7. The first kappa shape index (κ1) is 29.2. The summed E-state index contributed by atoms with van der Waals surface area (Å²) in [5.41, 5.74) is 11.4. The first-order valence-corrected chi connectivity index (χ1v) is 13.8. The number of carbonyl (C=O) groups is 1. The van der Waals surface area contributed by atoms with Gasteiger partial charge in [-0.25, -0.2) is 10.1 Å². The molecule has 0 aliphatic carbocycles. The third kappa shape index (κ3) is 6.31. The lowest BCUT2D eigenvalue weighted by Crippen LogP contribution is -2.27. The molecule has 0 atom stereocenters. The average Bonchev–Trinajstić information content (AvgIpc) is 3.66. The topological polar surface area (TPSA) is 159 Å². The Bertz CT molecular complexity index is 1750. The zero-order chi connectivity index (χ0) is 30.3. The molecule has 222 valence electrons. The summed E-state index contributed by atoms with van der Waals surface area (Å²) in [4.78, 5) is 15.5. The van der Waals surface area contributed by atoms with E-state index in [4.69, 9.17) is 19.8 Å². The van der Waals surface area contributed by atoms with Crippen LogP contribution in [0.15, 0.2) is 70.4 Å². The molecule has 0 saturated heterocycles. The third-order valence-corrected chi connectivity index (χ3v) is 7.09. The standard InChI is InChI=1S/C30H33N9O4/c1-5-38(6-2)17-24-27(39(37-33-24)29-28(31)35-43-36-29)30(40)34-32-19(3)21-14-15-25(26(16-21)41-4)42-18-22-12-9-11-20-10-7-8-13-23(20)22/h7-16H,5-6,17-18H2,1-4H3,(H2,31,35)(H,34,40)/b32-19-. The molecule has 0 aliphatic rings. The second-order valence-corrected chi connectivity index (χ2v) is 9.66. The minimum absolute atomic E-state index is 0.0251. The van der Waals surface area contributed by atoms with Gasteiger partial charge in [0.05, 0.1) is 12.8 Å². The monoisotopic (exact) mass is 583 g/mol. The van der Waals surface area contributed by atoms with Gasteiger partial charge in [-0.3, -0.25) is 9.69 Å². The molecule has 0 bridgehead atoms. The number of ether oxygens (including phenoxy) is 2. The molecule has 3 aromatic carbocycles. The number of benzene rings is 3. The van der Waals surface area contributed by atoms with Gasteiger partial charge in [-0.1, -0.05) is 61.5 Å². The molecular weight excluding hydrogens is 550 g/mol. The molecule has 13 heteroatoms. The second kappa shape index (κ2) is 13.1. The molecule has 2 heterocycles. The molecule has 5 aromatic rings. The van der Waals surface area contributed by atoms with Crippen LogP contribution in [0.5, 0.6) is 11.5 Å². The SMILES string of the molecule is CCN(CC)Cc1nnn(-c2nonc2N)c1C(=O)N/N=C(/C)c1ccc(OCc2cccc3ccccc23)c(OC)c1. The Kier molecular flexibility index (Phi) is 8.91. The van der Waals surface area contributed by atoms with Crippen molar-refractivity contribution < 1.29 is 18.9 Å². The molecule has 0 saturated carbocycles. The highest BCUT2D eigenvalue weighted by Gasteiger charge is 2.26. The van der Waals surface area contributed by atoms with Crippen molar-refractivity contribution >= 4 is 28.2 Å². The molecule has 2 aromatic heterocycles. The fourth-order valence-electron chi connectivity index (χ4n) is 4.63. The largest absolute Gasteiger partial charge is 0.493 e. The highest BCUT2D eigenvalue weighted by molar-refractivity contribution is 6.01. The van der Waals surface area contributed by atoms with Crippen LogP contribution < -0.4 is 20.6 Å². The highest BCUT2D eigenvalue weighted by atomic mass is 16.6. The summed E-state index contributed by atoms with van der Waals surface area (Å²) >= 11 is 0. The number of anilines is 1. The lowest BCUT2D eigenvalue weighted by atomic mass is 10.1. The Morgan fingerprint density at radius 2 is 1.86 bits per heavy atom. The number of amides is 1. The van der Waals surface area contributed by atoms with Crippen molar-refractivity contribution in [1.82, 2.24) is 35.6 Å². The van der Waals surface area contributed by atoms with Gasteiger partial charge >= 0.3 is 0 Å². The Hall–Kier alpha value is -5.30.